The first kappa shape index (κ1) is 18.9. The summed E-state index contributed by atoms with van der Waals surface area (Å²) in [6, 6.07) is 7.98. The molecule has 2 heterocycles. The molecular formula is C18H4Br6N2O. The van der Waals surface area contributed by atoms with Gasteiger partial charge in [-0.15, -0.1) is 0 Å². The van der Waals surface area contributed by atoms with Gasteiger partial charge in [0.2, 0.25) is 0 Å². The lowest BCUT2D eigenvalue weighted by Crippen LogP contribution is -2.32. The molecule has 9 heteroatoms. The second-order valence-corrected chi connectivity index (χ2v) is 10.9. The van der Waals surface area contributed by atoms with E-state index < -0.39 is 0 Å². The number of benzene rings is 3. The number of carbonyl (C=O) groups is 1. The van der Waals surface area contributed by atoms with E-state index in [4.69, 9.17) is 4.99 Å². The molecule has 134 valence electrons. The third kappa shape index (κ3) is 2.51. The molecule has 0 radical (unpaired) electrons. The van der Waals surface area contributed by atoms with E-state index in [1.807, 2.05) is 24.3 Å². The third-order valence-electron chi connectivity index (χ3n) is 4.55. The standard InChI is InChI=1S/C18H4Br6N2O/c19-6-3-5-1-2-7(20)16-9(5)8(4-6)25-17-10-11(18(27)26(16)17)13(22)15(24)14(23)12(10)21/h1-4H. The number of hydrogen-bond acceptors (Lipinski definition) is 2. The van der Waals surface area contributed by atoms with Crippen molar-refractivity contribution in [2.75, 3.05) is 4.90 Å². The minimum Gasteiger partial charge on any atom is -0.268 e. The summed E-state index contributed by atoms with van der Waals surface area (Å²) >= 11 is 21.5. The second-order valence-electron chi connectivity index (χ2n) is 6.00. The lowest BCUT2D eigenvalue weighted by Gasteiger charge is -2.26. The van der Waals surface area contributed by atoms with Crippen molar-refractivity contribution in [1.82, 2.24) is 0 Å². The SMILES string of the molecule is O=C1c2c(Br)c(Br)c(Br)c(Br)c2C2=Nc3cc(Br)cc4ccc(Br)c(c34)N12. The first-order chi connectivity index (χ1) is 12.8. The fraction of sp³-hybridized carbons (Fsp3) is 0. The molecule has 3 aromatic rings. The number of aliphatic imine (C=N–C) groups is 1. The molecule has 0 aromatic heterocycles. The highest BCUT2D eigenvalue weighted by molar-refractivity contribution is 9.15. The highest BCUT2D eigenvalue weighted by Gasteiger charge is 2.43. The molecule has 0 aliphatic carbocycles. The summed E-state index contributed by atoms with van der Waals surface area (Å²) in [6.07, 6.45) is 0. The van der Waals surface area contributed by atoms with Gasteiger partial charge in [-0.25, -0.2) is 4.99 Å². The maximum atomic E-state index is 13.5. The van der Waals surface area contributed by atoms with E-state index in [-0.39, 0.29) is 5.91 Å². The molecule has 1 amide bonds. The fourth-order valence-electron chi connectivity index (χ4n) is 3.46. The van der Waals surface area contributed by atoms with E-state index in [1.54, 1.807) is 4.90 Å². The van der Waals surface area contributed by atoms with E-state index in [1.165, 1.54) is 0 Å². The van der Waals surface area contributed by atoms with Gasteiger partial charge in [-0.05, 0) is 103 Å². The quantitative estimate of drug-likeness (QED) is 0.168. The van der Waals surface area contributed by atoms with Crippen molar-refractivity contribution in [3.05, 3.63) is 62.2 Å². The van der Waals surface area contributed by atoms with Crippen molar-refractivity contribution < 1.29 is 4.79 Å². The maximum Gasteiger partial charge on any atom is 0.266 e. The number of rotatable bonds is 0. The molecule has 2 aliphatic rings. The Kier molecular flexibility index (Phi) is 4.54. The molecule has 0 unspecified atom stereocenters. The number of halogens is 6. The van der Waals surface area contributed by atoms with Crippen LogP contribution >= 0.6 is 95.6 Å². The minimum atomic E-state index is -0.119. The topological polar surface area (TPSA) is 32.7 Å². The maximum absolute atomic E-state index is 13.5. The molecule has 0 bridgehead atoms. The summed E-state index contributed by atoms with van der Waals surface area (Å²) in [5.74, 6) is 0.487. The summed E-state index contributed by atoms with van der Waals surface area (Å²) in [4.78, 5) is 20.0. The molecule has 0 fully saturated rings. The first-order valence-electron chi connectivity index (χ1n) is 7.52. The highest BCUT2D eigenvalue weighted by atomic mass is 79.9. The predicted molar refractivity (Wildman–Crippen MR) is 130 cm³/mol. The summed E-state index contributed by atoms with van der Waals surface area (Å²) in [5, 5.41) is 1.97. The predicted octanol–water partition coefficient (Wildman–Crippen LogP) is 8.47. The Morgan fingerprint density at radius 3 is 2.19 bits per heavy atom. The lowest BCUT2D eigenvalue weighted by molar-refractivity contribution is 0.101. The van der Waals surface area contributed by atoms with Crippen LogP contribution in [0.25, 0.3) is 10.8 Å². The Balaban J connectivity index is 1.96. The average molecular weight is 744 g/mol. The largest absolute Gasteiger partial charge is 0.268 e. The van der Waals surface area contributed by atoms with Gasteiger partial charge < -0.3 is 0 Å². The number of amides is 1. The van der Waals surface area contributed by atoms with E-state index in [0.717, 1.165) is 50.1 Å². The number of fused-ring (bicyclic) bond motifs is 4. The van der Waals surface area contributed by atoms with Crippen LogP contribution < -0.4 is 4.90 Å². The van der Waals surface area contributed by atoms with Gasteiger partial charge in [-0.2, -0.15) is 0 Å². The zero-order valence-electron chi connectivity index (χ0n) is 12.9. The number of hydrogen-bond donors (Lipinski definition) is 0. The van der Waals surface area contributed by atoms with Crippen LogP contribution in [0.3, 0.4) is 0 Å². The molecule has 0 saturated carbocycles. The molecule has 3 nitrogen and oxygen atoms in total. The van der Waals surface area contributed by atoms with Crippen molar-refractivity contribution in [2.24, 2.45) is 4.99 Å². The van der Waals surface area contributed by atoms with Crippen LogP contribution in [-0.4, -0.2) is 11.7 Å². The molecule has 27 heavy (non-hydrogen) atoms. The van der Waals surface area contributed by atoms with E-state index >= 15 is 0 Å². The number of amidine groups is 1. The zero-order chi connectivity index (χ0) is 19.2. The van der Waals surface area contributed by atoms with Gasteiger partial charge in [0.1, 0.15) is 5.84 Å². The molecule has 0 N–H and O–H groups in total. The van der Waals surface area contributed by atoms with Crippen molar-refractivity contribution >= 4 is 129 Å². The van der Waals surface area contributed by atoms with Gasteiger partial charge in [0.05, 0.1) is 16.9 Å². The minimum absolute atomic E-state index is 0.119. The molecule has 5 rings (SSSR count). The molecule has 0 saturated heterocycles. The Bertz CT molecular complexity index is 1270. The summed E-state index contributed by atoms with van der Waals surface area (Å²) in [6.45, 7) is 0. The van der Waals surface area contributed by atoms with Crippen LogP contribution in [0.4, 0.5) is 11.4 Å². The Labute approximate surface area is 204 Å². The van der Waals surface area contributed by atoms with Gasteiger partial charge in [0, 0.05) is 37.8 Å². The molecule has 2 aliphatic heterocycles. The van der Waals surface area contributed by atoms with Gasteiger partial charge in [0.15, 0.2) is 0 Å². The first-order valence-corrected chi connectivity index (χ1v) is 12.3. The second kappa shape index (κ2) is 6.47. The normalized spacial score (nSPS) is 14.5. The smallest absolute Gasteiger partial charge is 0.266 e. The molecule has 3 aromatic carbocycles. The van der Waals surface area contributed by atoms with Gasteiger partial charge in [0.25, 0.3) is 5.91 Å². The van der Waals surface area contributed by atoms with Crippen LogP contribution in [0, 0.1) is 0 Å². The van der Waals surface area contributed by atoms with Gasteiger partial charge in [-0.3, -0.25) is 9.69 Å². The van der Waals surface area contributed by atoms with Crippen LogP contribution in [-0.2, 0) is 0 Å². The van der Waals surface area contributed by atoms with E-state index in [0.29, 0.717) is 15.9 Å². The molecule has 0 spiro atoms. The fourth-order valence-corrected chi connectivity index (χ4v) is 6.90. The summed E-state index contributed by atoms with van der Waals surface area (Å²) < 4.78 is 4.87. The molecular weight excluding hydrogens is 740 g/mol. The zero-order valence-corrected chi connectivity index (χ0v) is 22.4. The van der Waals surface area contributed by atoms with Gasteiger partial charge in [-0.1, -0.05) is 22.0 Å². The van der Waals surface area contributed by atoms with E-state index in [9.17, 15) is 4.79 Å². The lowest BCUT2D eigenvalue weighted by atomic mass is 10.0. The van der Waals surface area contributed by atoms with E-state index in [2.05, 4.69) is 95.6 Å². The highest BCUT2D eigenvalue weighted by Crippen LogP contribution is 2.52. The van der Waals surface area contributed by atoms with Crippen LogP contribution in [0.1, 0.15) is 15.9 Å². The number of nitrogens with zero attached hydrogens (tertiary/aromatic N) is 2. The Morgan fingerprint density at radius 2 is 1.48 bits per heavy atom. The van der Waals surface area contributed by atoms with Crippen LogP contribution in [0.2, 0.25) is 0 Å². The number of anilines is 1. The Hall–Kier alpha value is -0.0600. The van der Waals surface area contributed by atoms with Crippen molar-refractivity contribution in [1.29, 1.82) is 0 Å². The van der Waals surface area contributed by atoms with Crippen molar-refractivity contribution in [3.8, 4) is 0 Å². The van der Waals surface area contributed by atoms with Crippen LogP contribution in [0.5, 0.6) is 0 Å². The monoisotopic (exact) mass is 738 g/mol. The summed E-state index contributed by atoms with van der Waals surface area (Å²) in [7, 11) is 0. The third-order valence-corrected chi connectivity index (χ3v) is 10.4. The summed E-state index contributed by atoms with van der Waals surface area (Å²) in [5.41, 5.74) is 2.97. The van der Waals surface area contributed by atoms with Crippen molar-refractivity contribution in [2.45, 2.75) is 0 Å². The van der Waals surface area contributed by atoms with Crippen LogP contribution in [0.15, 0.2) is 56.1 Å². The number of carbonyl (C=O) groups excluding carboxylic acids is 1. The molecule has 0 atom stereocenters. The Morgan fingerprint density at radius 1 is 0.815 bits per heavy atom. The average Bonchev–Trinajstić information content (AvgIpc) is 2.92. The van der Waals surface area contributed by atoms with Gasteiger partial charge >= 0.3 is 0 Å². The van der Waals surface area contributed by atoms with Crippen molar-refractivity contribution in [3.63, 3.8) is 0 Å².